The average molecular weight is 359 g/mol. The van der Waals surface area contributed by atoms with Crippen molar-refractivity contribution in [2.24, 2.45) is 0 Å². The number of furan rings is 1. The van der Waals surface area contributed by atoms with Crippen LogP contribution in [0.5, 0.6) is 5.75 Å². The highest BCUT2D eigenvalue weighted by Gasteiger charge is 2.21. The SMILES string of the molecule is CC(C)c1cc(C(=O)OCC(=O)NCc2ccco2)c(O)c(C(C)C)c1. The number of hydrogen-bond acceptors (Lipinski definition) is 5. The molecule has 0 radical (unpaired) electrons. The number of phenols is 1. The number of esters is 1. The van der Waals surface area contributed by atoms with Crippen LogP contribution in [0.2, 0.25) is 0 Å². The number of benzene rings is 1. The number of rotatable bonds is 7. The van der Waals surface area contributed by atoms with Gasteiger partial charge in [-0.15, -0.1) is 0 Å². The van der Waals surface area contributed by atoms with Crippen LogP contribution in [0.15, 0.2) is 34.9 Å². The summed E-state index contributed by atoms with van der Waals surface area (Å²) in [7, 11) is 0. The molecule has 0 saturated carbocycles. The first-order chi connectivity index (χ1) is 12.3. The Hall–Kier alpha value is -2.76. The Kier molecular flexibility index (Phi) is 6.44. The lowest BCUT2D eigenvalue weighted by Crippen LogP contribution is -2.28. The van der Waals surface area contributed by atoms with Crippen LogP contribution < -0.4 is 5.32 Å². The number of amides is 1. The van der Waals surface area contributed by atoms with Gasteiger partial charge >= 0.3 is 5.97 Å². The normalized spacial score (nSPS) is 11.0. The number of hydrogen-bond donors (Lipinski definition) is 2. The van der Waals surface area contributed by atoms with Gasteiger partial charge in [-0.3, -0.25) is 4.79 Å². The van der Waals surface area contributed by atoms with Gasteiger partial charge in [-0.2, -0.15) is 0 Å². The highest BCUT2D eigenvalue weighted by atomic mass is 16.5. The molecule has 1 heterocycles. The van der Waals surface area contributed by atoms with E-state index in [1.165, 1.54) is 6.26 Å². The molecule has 0 spiro atoms. The maximum Gasteiger partial charge on any atom is 0.342 e. The zero-order chi connectivity index (χ0) is 19.3. The van der Waals surface area contributed by atoms with Crippen LogP contribution in [0, 0.1) is 0 Å². The molecular formula is C20H25NO5. The van der Waals surface area contributed by atoms with E-state index in [0.717, 1.165) is 5.56 Å². The molecular weight excluding hydrogens is 334 g/mol. The van der Waals surface area contributed by atoms with Crippen LogP contribution in [-0.2, 0) is 16.1 Å². The maximum atomic E-state index is 12.4. The van der Waals surface area contributed by atoms with Crippen LogP contribution in [0.1, 0.15) is 66.8 Å². The van der Waals surface area contributed by atoms with Crippen LogP contribution in [-0.4, -0.2) is 23.6 Å². The fourth-order valence-electron chi connectivity index (χ4n) is 2.47. The van der Waals surface area contributed by atoms with Crippen LogP contribution in [0.4, 0.5) is 0 Å². The highest BCUT2D eigenvalue weighted by molar-refractivity contribution is 5.94. The molecule has 0 atom stereocenters. The van der Waals surface area contributed by atoms with E-state index in [-0.39, 0.29) is 29.7 Å². The summed E-state index contributed by atoms with van der Waals surface area (Å²) in [6.07, 6.45) is 1.51. The molecule has 26 heavy (non-hydrogen) atoms. The lowest BCUT2D eigenvalue weighted by molar-refractivity contribution is -0.124. The molecule has 0 aliphatic heterocycles. The van der Waals surface area contributed by atoms with Crippen molar-refractivity contribution in [2.75, 3.05) is 6.61 Å². The van der Waals surface area contributed by atoms with Gasteiger partial charge in [0.25, 0.3) is 5.91 Å². The molecule has 2 rings (SSSR count). The fraction of sp³-hybridized carbons (Fsp3) is 0.400. The molecule has 2 N–H and O–H groups in total. The standard InChI is InChI=1S/C20H25NO5/c1-12(2)14-8-16(13(3)4)19(23)17(9-14)20(24)26-11-18(22)21-10-15-6-5-7-25-15/h5-9,12-13,23H,10-11H2,1-4H3,(H,21,22). The van der Waals surface area contributed by atoms with Crippen molar-refractivity contribution in [2.45, 2.75) is 46.1 Å². The zero-order valence-electron chi connectivity index (χ0n) is 15.5. The Bertz CT molecular complexity index is 763. The second-order valence-corrected chi connectivity index (χ2v) is 6.75. The van der Waals surface area contributed by atoms with E-state index in [4.69, 9.17) is 9.15 Å². The maximum absolute atomic E-state index is 12.4. The van der Waals surface area contributed by atoms with Crippen molar-refractivity contribution in [3.8, 4) is 5.75 Å². The molecule has 0 unspecified atom stereocenters. The Balaban J connectivity index is 2.05. The van der Waals surface area contributed by atoms with Crippen LogP contribution in [0.3, 0.4) is 0 Å². The molecule has 1 amide bonds. The Morgan fingerprint density at radius 2 is 1.92 bits per heavy atom. The number of phenolic OH excluding ortho intramolecular Hbond substituents is 1. The third-order valence-corrected chi connectivity index (χ3v) is 4.04. The molecule has 0 aliphatic carbocycles. The van der Waals surface area contributed by atoms with Crippen molar-refractivity contribution in [3.05, 3.63) is 53.0 Å². The van der Waals surface area contributed by atoms with E-state index < -0.39 is 18.5 Å². The van der Waals surface area contributed by atoms with Gasteiger partial charge in [-0.25, -0.2) is 4.79 Å². The summed E-state index contributed by atoms with van der Waals surface area (Å²) in [5.74, 6) is -0.412. The smallest absolute Gasteiger partial charge is 0.342 e. The van der Waals surface area contributed by atoms with Gasteiger partial charge in [0, 0.05) is 0 Å². The minimum atomic E-state index is -0.722. The van der Waals surface area contributed by atoms with Crippen molar-refractivity contribution in [3.63, 3.8) is 0 Å². The highest BCUT2D eigenvalue weighted by Crippen LogP contribution is 2.33. The summed E-state index contributed by atoms with van der Waals surface area (Å²) in [6.45, 7) is 7.69. The lowest BCUT2D eigenvalue weighted by Gasteiger charge is -2.16. The third-order valence-electron chi connectivity index (χ3n) is 4.04. The van der Waals surface area contributed by atoms with E-state index in [0.29, 0.717) is 11.3 Å². The fourth-order valence-corrected chi connectivity index (χ4v) is 2.47. The molecule has 6 heteroatoms. The minimum Gasteiger partial charge on any atom is -0.507 e. The van der Waals surface area contributed by atoms with E-state index >= 15 is 0 Å². The van der Waals surface area contributed by atoms with E-state index in [2.05, 4.69) is 5.32 Å². The summed E-state index contributed by atoms with van der Waals surface area (Å²) in [5, 5.41) is 13.0. The van der Waals surface area contributed by atoms with Gasteiger partial charge in [-0.1, -0.05) is 33.8 Å². The Morgan fingerprint density at radius 3 is 2.50 bits per heavy atom. The third kappa shape index (κ3) is 4.88. The Labute approximate surface area is 153 Å². The topological polar surface area (TPSA) is 88.8 Å². The summed E-state index contributed by atoms with van der Waals surface area (Å²) in [6, 6.07) is 6.97. The van der Waals surface area contributed by atoms with E-state index in [1.54, 1.807) is 18.2 Å². The van der Waals surface area contributed by atoms with Gasteiger partial charge < -0.3 is 19.6 Å². The molecule has 140 valence electrons. The Morgan fingerprint density at radius 1 is 1.19 bits per heavy atom. The first-order valence-electron chi connectivity index (χ1n) is 8.62. The van der Waals surface area contributed by atoms with Crippen molar-refractivity contribution < 1.29 is 23.8 Å². The first-order valence-corrected chi connectivity index (χ1v) is 8.62. The molecule has 2 aromatic rings. The van der Waals surface area contributed by atoms with Gasteiger partial charge in [0.1, 0.15) is 17.1 Å². The first kappa shape index (κ1) is 19.6. The molecule has 0 aliphatic rings. The van der Waals surface area contributed by atoms with Crippen LogP contribution in [0.25, 0.3) is 0 Å². The van der Waals surface area contributed by atoms with E-state index in [9.17, 15) is 14.7 Å². The van der Waals surface area contributed by atoms with Crippen molar-refractivity contribution >= 4 is 11.9 Å². The molecule has 1 aromatic heterocycles. The molecule has 0 fully saturated rings. The lowest BCUT2D eigenvalue weighted by atomic mass is 9.92. The predicted molar refractivity (Wildman–Crippen MR) is 97.1 cm³/mol. The molecule has 6 nitrogen and oxygen atoms in total. The average Bonchev–Trinajstić information content (AvgIpc) is 3.11. The largest absolute Gasteiger partial charge is 0.507 e. The van der Waals surface area contributed by atoms with Gasteiger partial charge in [0.05, 0.1) is 12.8 Å². The predicted octanol–water partition coefficient (Wildman–Crippen LogP) is 3.71. The number of ether oxygens (including phenoxy) is 1. The van der Waals surface area contributed by atoms with Gasteiger partial charge in [0.2, 0.25) is 0 Å². The molecule has 0 saturated heterocycles. The van der Waals surface area contributed by atoms with E-state index in [1.807, 2.05) is 33.8 Å². The van der Waals surface area contributed by atoms with Gasteiger partial charge in [0.15, 0.2) is 6.61 Å². The van der Waals surface area contributed by atoms with Crippen LogP contribution >= 0.6 is 0 Å². The number of nitrogens with one attached hydrogen (secondary N) is 1. The number of aromatic hydroxyl groups is 1. The molecule has 0 bridgehead atoms. The molecule has 1 aromatic carbocycles. The number of carbonyl (C=O) groups excluding carboxylic acids is 2. The van der Waals surface area contributed by atoms with Crippen molar-refractivity contribution in [1.29, 1.82) is 0 Å². The summed E-state index contributed by atoms with van der Waals surface area (Å²) < 4.78 is 10.2. The monoisotopic (exact) mass is 359 g/mol. The zero-order valence-corrected chi connectivity index (χ0v) is 15.5. The summed E-state index contributed by atoms with van der Waals surface area (Å²) in [4.78, 5) is 24.2. The minimum absolute atomic E-state index is 0.0526. The number of carbonyl (C=O) groups is 2. The quantitative estimate of drug-likeness (QED) is 0.736. The second kappa shape index (κ2) is 8.56. The van der Waals surface area contributed by atoms with Gasteiger partial charge in [-0.05, 0) is 41.2 Å². The summed E-state index contributed by atoms with van der Waals surface area (Å²) >= 11 is 0. The summed E-state index contributed by atoms with van der Waals surface area (Å²) in [5.41, 5.74) is 1.70. The van der Waals surface area contributed by atoms with Crippen molar-refractivity contribution in [1.82, 2.24) is 5.32 Å². The second-order valence-electron chi connectivity index (χ2n) is 6.75.